The van der Waals surface area contributed by atoms with Crippen LogP contribution in [0, 0.1) is 0 Å². The number of amides is 2. The molecule has 2 N–H and O–H groups in total. The number of esters is 1. The highest BCUT2D eigenvalue weighted by atomic mass is 16.6. The molecule has 1 atom stereocenters. The van der Waals surface area contributed by atoms with E-state index in [4.69, 9.17) is 18.9 Å². The minimum Gasteiger partial charge on any atom is -0.486 e. The molecule has 2 amide bonds. The molecule has 0 bridgehead atoms. The minimum absolute atomic E-state index is 0.178. The van der Waals surface area contributed by atoms with Crippen LogP contribution in [0.5, 0.6) is 11.5 Å². The number of hydrogen-bond acceptors (Lipinski definition) is 7. The number of ether oxygens (including phenoxy) is 4. The second kappa shape index (κ2) is 9.59. The number of rotatable bonds is 5. The Bertz CT molecular complexity index is 1010. The highest BCUT2D eigenvalue weighted by molar-refractivity contribution is 5.98. The summed E-state index contributed by atoms with van der Waals surface area (Å²) in [6, 6.07) is 11.2. The molecule has 0 saturated carbocycles. The third-order valence-electron chi connectivity index (χ3n) is 4.21. The topological polar surface area (TPSA) is 112 Å². The quantitative estimate of drug-likeness (QED) is 0.674. The van der Waals surface area contributed by atoms with Crippen molar-refractivity contribution in [3.8, 4) is 11.5 Å². The summed E-state index contributed by atoms with van der Waals surface area (Å²) in [5.41, 5.74) is 0.381. The lowest BCUT2D eigenvalue weighted by Crippen LogP contribution is -2.30. The molecule has 3 rings (SSSR count). The lowest BCUT2D eigenvalue weighted by molar-refractivity contribution is -0.123. The van der Waals surface area contributed by atoms with Gasteiger partial charge in [0.1, 0.15) is 18.8 Å². The van der Waals surface area contributed by atoms with E-state index in [1.807, 2.05) is 0 Å². The van der Waals surface area contributed by atoms with Crippen LogP contribution < -0.4 is 20.1 Å². The molecule has 0 saturated heterocycles. The third-order valence-corrected chi connectivity index (χ3v) is 4.21. The van der Waals surface area contributed by atoms with Crippen molar-refractivity contribution in [2.45, 2.75) is 39.4 Å². The number of nitrogens with one attached hydrogen (secondary N) is 2. The maximum Gasteiger partial charge on any atom is 0.412 e. The third kappa shape index (κ3) is 6.37. The Morgan fingerprint density at radius 1 is 0.938 bits per heavy atom. The molecule has 1 heterocycles. The van der Waals surface area contributed by atoms with E-state index >= 15 is 0 Å². The summed E-state index contributed by atoms with van der Waals surface area (Å²) in [7, 11) is 0. The Balaban J connectivity index is 1.58. The minimum atomic E-state index is -1.06. The number of hydrogen-bond donors (Lipinski definition) is 2. The predicted molar refractivity (Wildman–Crippen MR) is 117 cm³/mol. The lowest BCUT2D eigenvalue weighted by Gasteiger charge is -2.20. The number of anilines is 2. The van der Waals surface area contributed by atoms with Crippen LogP contribution in [0.2, 0.25) is 0 Å². The summed E-state index contributed by atoms with van der Waals surface area (Å²) < 4.78 is 21.4. The molecule has 2 aromatic rings. The fourth-order valence-corrected chi connectivity index (χ4v) is 2.79. The van der Waals surface area contributed by atoms with E-state index in [9.17, 15) is 14.4 Å². The van der Waals surface area contributed by atoms with E-state index in [2.05, 4.69) is 10.6 Å². The predicted octanol–water partition coefficient (Wildman–Crippen LogP) is 3.99. The standard InChI is InChI=1S/C23H26N2O7/c1-14(20(26)24-17-8-9-18-19(13-17)30-11-10-29-18)31-21(27)15-6-5-7-16(12-15)25-22(28)32-23(2,3)4/h5-9,12-14H,10-11H2,1-4H3,(H,24,26)(H,25,28). The van der Waals surface area contributed by atoms with Gasteiger partial charge in [0, 0.05) is 17.4 Å². The summed E-state index contributed by atoms with van der Waals surface area (Å²) in [6.07, 6.45) is -1.70. The highest BCUT2D eigenvalue weighted by Gasteiger charge is 2.21. The van der Waals surface area contributed by atoms with Crippen LogP contribution in [0.15, 0.2) is 42.5 Å². The summed E-state index contributed by atoms with van der Waals surface area (Å²) in [5.74, 6) is -0.0673. The van der Waals surface area contributed by atoms with Crippen LogP contribution >= 0.6 is 0 Å². The Kier molecular flexibility index (Phi) is 6.87. The molecule has 9 heteroatoms. The van der Waals surface area contributed by atoms with Crippen molar-refractivity contribution < 1.29 is 33.3 Å². The Morgan fingerprint density at radius 3 is 2.34 bits per heavy atom. The first-order valence-corrected chi connectivity index (χ1v) is 10.1. The molecular weight excluding hydrogens is 416 g/mol. The van der Waals surface area contributed by atoms with Gasteiger partial charge in [-0.25, -0.2) is 9.59 Å². The monoisotopic (exact) mass is 442 g/mol. The lowest BCUT2D eigenvalue weighted by atomic mass is 10.2. The smallest absolute Gasteiger partial charge is 0.412 e. The Labute approximate surface area is 186 Å². The summed E-state index contributed by atoms with van der Waals surface area (Å²) in [6.45, 7) is 7.61. The van der Waals surface area contributed by atoms with Crippen molar-refractivity contribution >= 4 is 29.3 Å². The van der Waals surface area contributed by atoms with Gasteiger partial charge in [0.25, 0.3) is 5.91 Å². The molecule has 9 nitrogen and oxygen atoms in total. The van der Waals surface area contributed by atoms with Gasteiger partial charge in [-0.2, -0.15) is 0 Å². The molecule has 1 aliphatic rings. The second-order valence-electron chi connectivity index (χ2n) is 8.10. The number of carbonyl (C=O) groups excluding carboxylic acids is 3. The van der Waals surface area contributed by atoms with Gasteiger partial charge in [-0.3, -0.25) is 10.1 Å². The maximum atomic E-state index is 12.5. The summed E-state index contributed by atoms with van der Waals surface area (Å²) >= 11 is 0. The van der Waals surface area contributed by atoms with E-state index in [0.717, 1.165) is 0 Å². The maximum absolute atomic E-state index is 12.5. The number of benzene rings is 2. The van der Waals surface area contributed by atoms with Crippen molar-refractivity contribution in [1.29, 1.82) is 0 Å². The van der Waals surface area contributed by atoms with Crippen molar-refractivity contribution in [3.05, 3.63) is 48.0 Å². The highest BCUT2D eigenvalue weighted by Crippen LogP contribution is 2.32. The van der Waals surface area contributed by atoms with Gasteiger partial charge >= 0.3 is 12.1 Å². The molecule has 0 spiro atoms. The van der Waals surface area contributed by atoms with Crippen LogP contribution in [0.25, 0.3) is 0 Å². The average molecular weight is 442 g/mol. The molecule has 0 aromatic heterocycles. The van der Waals surface area contributed by atoms with E-state index in [1.54, 1.807) is 51.1 Å². The summed E-state index contributed by atoms with van der Waals surface area (Å²) in [5, 5.41) is 5.24. The Hall–Kier alpha value is -3.75. The van der Waals surface area contributed by atoms with Crippen LogP contribution in [-0.2, 0) is 14.3 Å². The average Bonchev–Trinajstić information content (AvgIpc) is 2.72. The van der Waals surface area contributed by atoms with Crippen molar-refractivity contribution in [2.75, 3.05) is 23.8 Å². The van der Waals surface area contributed by atoms with E-state index in [-0.39, 0.29) is 5.56 Å². The molecule has 0 fully saturated rings. The zero-order valence-corrected chi connectivity index (χ0v) is 18.4. The zero-order valence-electron chi connectivity index (χ0n) is 18.4. The van der Waals surface area contributed by atoms with Gasteiger partial charge in [0.15, 0.2) is 17.6 Å². The molecule has 0 aliphatic carbocycles. The van der Waals surface area contributed by atoms with E-state index in [1.165, 1.54) is 19.1 Å². The van der Waals surface area contributed by atoms with Crippen molar-refractivity contribution in [3.63, 3.8) is 0 Å². The number of fused-ring (bicyclic) bond motifs is 1. The fourth-order valence-electron chi connectivity index (χ4n) is 2.79. The molecule has 0 radical (unpaired) electrons. The van der Waals surface area contributed by atoms with Crippen molar-refractivity contribution in [2.24, 2.45) is 0 Å². The van der Waals surface area contributed by atoms with Crippen LogP contribution in [-0.4, -0.2) is 42.9 Å². The first-order chi connectivity index (χ1) is 15.1. The van der Waals surface area contributed by atoms with Gasteiger partial charge in [0.2, 0.25) is 0 Å². The van der Waals surface area contributed by atoms with Crippen molar-refractivity contribution in [1.82, 2.24) is 0 Å². The molecule has 170 valence electrons. The van der Waals surface area contributed by atoms with Gasteiger partial charge in [-0.15, -0.1) is 0 Å². The largest absolute Gasteiger partial charge is 0.486 e. The molecule has 1 aliphatic heterocycles. The van der Waals surface area contributed by atoms with E-state index in [0.29, 0.717) is 36.1 Å². The molecule has 32 heavy (non-hydrogen) atoms. The molecule has 2 aromatic carbocycles. The second-order valence-corrected chi connectivity index (χ2v) is 8.10. The van der Waals surface area contributed by atoms with Gasteiger partial charge < -0.3 is 24.3 Å². The fraction of sp³-hybridized carbons (Fsp3) is 0.348. The molecule has 1 unspecified atom stereocenters. The SMILES string of the molecule is CC(OC(=O)c1cccc(NC(=O)OC(C)(C)C)c1)C(=O)Nc1ccc2c(c1)OCCO2. The van der Waals surface area contributed by atoms with Gasteiger partial charge in [0.05, 0.1) is 5.56 Å². The van der Waals surface area contributed by atoms with Crippen LogP contribution in [0.3, 0.4) is 0 Å². The molecular formula is C23H26N2O7. The number of carbonyl (C=O) groups is 3. The Morgan fingerprint density at radius 2 is 1.62 bits per heavy atom. The van der Waals surface area contributed by atoms with Crippen LogP contribution in [0.4, 0.5) is 16.2 Å². The first-order valence-electron chi connectivity index (χ1n) is 10.1. The van der Waals surface area contributed by atoms with Gasteiger partial charge in [-0.1, -0.05) is 6.07 Å². The normalized spacial score (nSPS) is 13.5. The van der Waals surface area contributed by atoms with Crippen LogP contribution in [0.1, 0.15) is 38.1 Å². The van der Waals surface area contributed by atoms with Gasteiger partial charge in [-0.05, 0) is 58.0 Å². The first kappa shape index (κ1) is 22.9. The summed E-state index contributed by atoms with van der Waals surface area (Å²) in [4.78, 5) is 36.9. The van der Waals surface area contributed by atoms with E-state index < -0.39 is 29.7 Å². The zero-order chi connectivity index (χ0) is 23.3.